The van der Waals surface area contributed by atoms with Gasteiger partial charge >= 0.3 is 5.97 Å². The molecule has 0 radical (unpaired) electrons. The molecular formula is C19H25NO6S. The van der Waals surface area contributed by atoms with E-state index in [9.17, 15) is 18.0 Å². The Labute approximate surface area is 159 Å². The molecule has 8 heteroatoms. The smallest absolute Gasteiger partial charge is 0.344 e. The highest BCUT2D eigenvalue weighted by molar-refractivity contribution is 7.91. The number of ether oxygens (including phenoxy) is 2. The fraction of sp³-hybridized carbons (Fsp3) is 0.579. The van der Waals surface area contributed by atoms with Crippen LogP contribution in [0.25, 0.3) is 0 Å². The number of aryl methyl sites for hydroxylation is 2. The van der Waals surface area contributed by atoms with Crippen LogP contribution in [0.5, 0.6) is 5.75 Å². The van der Waals surface area contributed by atoms with Crippen molar-refractivity contribution in [1.29, 1.82) is 0 Å². The van der Waals surface area contributed by atoms with E-state index >= 15 is 0 Å². The van der Waals surface area contributed by atoms with E-state index in [1.165, 1.54) is 23.0 Å². The predicted molar refractivity (Wildman–Crippen MR) is 99.3 cm³/mol. The first-order chi connectivity index (χ1) is 12.7. The number of fused-ring (bicyclic) bond motifs is 1. The van der Waals surface area contributed by atoms with Gasteiger partial charge in [0.1, 0.15) is 5.75 Å². The Bertz CT molecular complexity index is 835. The molecule has 0 saturated carbocycles. The lowest BCUT2D eigenvalue weighted by atomic mass is 10.1. The molecule has 0 unspecified atom stereocenters. The van der Waals surface area contributed by atoms with E-state index in [4.69, 9.17) is 9.47 Å². The molecule has 27 heavy (non-hydrogen) atoms. The Morgan fingerprint density at radius 2 is 2.00 bits per heavy atom. The number of benzene rings is 1. The van der Waals surface area contributed by atoms with E-state index < -0.39 is 27.8 Å². The Kier molecular flexibility index (Phi) is 5.74. The van der Waals surface area contributed by atoms with Gasteiger partial charge in [-0.1, -0.05) is 6.07 Å². The zero-order chi connectivity index (χ0) is 19.6. The molecular weight excluding hydrogens is 370 g/mol. The molecule has 1 fully saturated rings. The van der Waals surface area contributed by atoms with Gasteiger partial charge in [-0.2, -0.15) is 0 Å². The van der Waals surface area contributed by atoms with Crippen LogP contribution in [0.4, 0.5) is 0 Å². The minimum absolute atomic E-state index is 0.0443. The van der Waals surface area contributed by atoms with Gasteiger partial charge in [-0.3, -0.25) is 4.79 Å². The largest absolute Gasteiger partial charge is 0.482 e. The third-order valence-corrected chi connectivity index (χ3v) is 6.94. The van der Waals surface area contributed by atoms with E-state index in [2.05, 4.69) is 0 Å². The van der Waals surface area contributed by atoms with E-state index in [1.54, 1.807) is 7.05 Å². The predicted octanol–water partition coefficient (Wildman–Crippen LogP) is 1.13. The van der Waals surface area contributed by atoms with E-state index in [1.807, 2.05) is 18.2 Å². The lowest BCUT2D eigenvalue weighted by Crippen LogP contribution is -2.44. The van der Waals surface area contributed by atoms with Crippen molar-refractivity contribution in [2.75, 3.05) is 25.2 Å². The number of nitrogens with zero attached hydrogens (tertiary/aromatic N) is 1. The topological polar surface area (TPSA) is 90.0 Å². The molecule has 0 bridgehead atoms. The van der Waals surface area contributed by atoms with Crippen LogP contribution in [0.2, 0.25) is 0 Å². The third-order valence-electron chi connectivity index (χ3n) is 5.19. The minimum atomic E-state index is -3.09. The van der Waals surface area contributed by atoms with Crippen molar-refractivity contribution >= 4 is 21.7 Å². The molecule has 0 spiro atoms. The number of carbonyl (C=O) groups excluding carboxylic acids is 2. The van der Waals surface area contributed by atoms with Gasteiger partial charge in [0.2, 0.25) is 0 Å². The Balaban J connectivity index is 1.47. The van der Waals surface area contributed by atoms with Gasteiger partial charge < -0.3 is 14.4 Å². The number of likely N-dealkylation sites (N-methyl/N-ethyl adjacent to an activating group) is 1. The summed E-state index contributed by atoms with van der Waals surface area (Å²) in [7, 11) is -1.55. The zero-order valence-corrected chi connectivity index (χ0v) is 16.5. The molecule has 1 heterocycles. The maximum atomic E-state index is 12.4. The average molecular weight is 395 g/mol. The number of amides is 1. The molecule has 1 saturated heterocycles. The summed E-state index contributed by atoms with van der Waals surface area (Å²) in [5.74, 6) is -0.401. The molecule has 2 aliphatic rings. The molecule has 1 aromatic carbocycles. The summed E-state index contributed by atoms with van der Waals surface area (Å²) in [5.41, 5.74) is 2.57. The second-order valence-corrected chi connectivity index (χ2v) is 9.44. The molecule has 0 aromatic heterocycles. The molecule has 3 rings (SSSR count). The van der Waals surface area contributed by atoms with Gasteiger partial charge in [-0.05, 0) is 55.9 Å². The summed E-state index contributed by atoms with van der Waals surface area (Å²) < 4.78 is 33.8. The molecule has 2 atom stereocenters. The van der Waals surface area contributed by atoms with Gasteiger partial charge in [0, 0.05) is 13.1 Å². The number of hydrogen-bond donors (Lipinski definition) is 0. The Hall–Kier alpha value is -2.09. The van der Waals surface area contributed by atoms with Crippen molar-refractivity contribution in [3.63, 3.8) is 0 Å². The van der Waals surface area contributed by atoms with Crippen LogP contribution in [-0.2, 0) is 37.0 Å². The highest BCUT2D eigenvalue weighted by Gasteiger charge is 2.34. The van der Waals surface area contributed by atoms with Crippen molar-refractivity contribution in [3.05, 3.63) is 29.3 Å². The quantitative estimate of drug-likeness (QED) is 0.671. The summed E-state index contributed by atoms with van der Waals surface area (Å²) in [5, 5.41) is 0. The van der Waals surface area contributed by atoms with E-state index in [-0.39, 0.29) is 24.2 Å². The minimum Gasteiger partial charge on any atom is -0.482 e. The summed E-state index contributed by atoms with van der Waals surface area (Å²) in [4.78, 5) is 25.8. The second kappa shape index (κ2) is 7.88. The van der Waals surface area contributed by atoms with Crippen LogP contribution >= 0.6 is 0 Å². The fourth-order valence-electron chi connectivity index (χ4n) is 3.61. The number of sulfone groups is 1. The van der Waals surface area contributed by atoms with Crippen molar-refractivity contribution in [1.82, 2.24) is 4.90 Å². The first-order valence-electron chi connectivity index (χ1n) is 9.16. The molecule has 1 aliphatic heterocycles. The fourth-order valence-corrected chi connectivity index (χ4v) is 5.38. The van der Waals surface area contributed by atoms with Crippen LogP contribution in [0.1, 0.15) is 30.9 Å². The first kappa shape index (κ1) is 19.7. The van der Waals surface area contributed by atoms with Crippen molar-refractivity contribution in [2.45, 2.75) is 44.8 Å². The van der Waals surface area contributed by atoms with Gasteiger partial charge in [-0.25, -0.2) is 13.2 Å². The highest BCUT2D eigenvalue weighted by atomic mass is 32.2. The Morgan fingerprint density at radius 1 is 1.26 bits per heavy atom. The lowest BCUT2D eigenvalue weighted by molar-refractivity contribution is -0.160. The van der Waals surface area contributed by atoms with Gasteiger partial charge in [0.25, 0.3) is 5.91 Å². The van der Waals surface area contributed by atoms with Crippen molar-refractivity contribution in [2.24, 2.45) is 0 Å². The van der Waals surface area contributed by atoms with Gasteiger partial charge in [-0.15, -0.1) is 0 Å². The first-order valence-corrected chi connectivity index (χ1v) is 11.0. The van der Waals surface area contributed by atoms with E-state index in [0.29, 0.717) is 12.2 Å². The lowest BCUT2D eigenvalue weighted by Gasteiger charge is -2.26. The van der Waals surface area contributed by atoms with Crippen LogP contribution in [0, 0.1) is 0 Å². The van der Waals surface area contributed by atoms with E-state index in [0.717, 1.165) is 19.3 Å². The van der Waals surface area contributed by atoms with Crippen LogP contribution < -0.4 is 4.74 Å². The number of rotatable bonds is 6. The number of esters is 1. The molecule has 7 nitrogen and oxygen atoms in total. The Morgan fingerprint density at radius 3 is 2.70 bits per heavy atom. The van der Waals surface area contributed by atoms with Crippen LogP contribution in [0.15, 0.2) is 18.2 Å². The summed E-state index contributed by atoms with van der Waals surface area (Å²) in [6, 6.07) is 5.42. The average Bonchev–Trinajstić information content (AvgIpc) is 3.23. The van der Waals surface area contributed by atoms with Crippen LogP contribution in [-0.4, -0.2) is 62.5 Å². The second-order valence-electron chi connectivity index (χ2n) is 7.21. The summed E-state index contributed by atoms with van der Waals surface area (Å²) in [6.45, 7) is 1.20. The molecule has 148 valence electrons. The standard InChI is InChI=1S/C19H25NO6S/c1-13(19(22)20(2)16-8-9-27(23,24)12-16)26-18(21)11-25-17-7-6-14-4-3-5-15(14)10-17/h6-7,10,13,16H,3-5,8-9,11-12H2,1-2H3/t13-,16+/m0/s1. The molecule has 0 N–H and O–H groups in total. The normalized spacial score (nSPS) is 21.3. The van der Waals surface area contributed by atoms with Gasteiger partial charge in [0.15, 0.2) is 22.5 Å². The van der Waals surface area contributed by atoms with Crippen molar-refractivity contribution in [3.8, 4) is 5.75 Å². The third kappa shape index (κ3) is 4.80. The monoisotopic (exact) mass is 395 g/mol. The summed E-state index contributed by atoms with van der Waals surface area (Å²) >= 11 is 0. The van der Waals surface area contributed by atoms with Crippen molar-refractivity contribution < 1.29 is 27.5 Å². The zero-order valence-electron chi connectivity index (χ0n) is 15.6. The van der Waals surface area contributed by atoms with Crippen LogP contribution in [0.3, 0.4) is 0 Å². The highest BCUT2D eigenvalue weighted by Crippen LogP contribution is 2.26. The maximum absolute atomic E-state index is 12.4. The maximum Gasteiger partial charge on any atom is 0.344 e. The summed E-state index contributed by atoms with van der Waals surface area (Å²) in [6.07, 6.45) is 2.65. The molecule has 1 amide bonds. The number of carbonyl (C=O) groups is 2. The van der Waals surface area contributed by atoms with Gasteiger partial charge in [0.05, 0.1) is 11.5 Å². The SMILES string of the molecule is C[C@H](OC(=O)COc1ccc2c(c1)CCC2)C(=O)N(C)[C@@H]1CCS(=O)(=O)C1. The molecule has 1 aliphatic carbocycles. The molecule has 1 aromatic rings. The number of hydrogen-bond acceptors (Lipinski definition) is 6.